The molecule has 9 nitrogen and oxygen atoms in total. The van der Waals surface area contributed by atoms with E-state index in [0.29, 0.717) is 16.6 Å². The number of nitro benzene ring substituents is 1. The van der Waals surface area contributed by atoms with E-state index in [-0.39, 0.29) is 12.2 Å². The maximum absolute atomic E-state index is 13.3. The summed E-state index contributed by atoms with van der Waals surface area (Å²) in [4.78, 5) is 26.7. The predicted molar refractivity (Wildman–Crippen MR) is 136 cm³/mol. The monoisotopic (exact) mass is 502 g/mol. The molecule has 0 aliphatic heterocycles. The zero-order chi connectivity index (χ0) is 26.2. The lowest BCUT2D eigenvalue weighted by Crippen LogP contribution is -2.32. The van der Waals surface area contributed by atoms with Crippen LogP contribution >= 0.6 is 0 Å². The highest BCUT2D eigenvalue weighted by Gasteiger charge is 2.24. The Kier molecular flexibility index (Phi) is 6.35. The Morgan fingerprint density at radius 3 is 2.39 bits per heavy atom. The van der Waals surface area contributed by atoms with Gasteiger partial charge in [-0.2, -0.15) is 0 Å². The van der Waals surface area contributed by atoms with Crippen molar-refractivity contribution in [3.63, 3.8) is 0 Å². The first-order valence-electron chi connectivity index (χ1n) is 10.9. The molecule has 0 bridgehead atoms. The van der Waals surface area contributed by atoms with Crippen LogP contribution in [0, 0.1) is 37.5 Å². The van der Waals surface area contributed by atoms with Crippen molar-refractivity contribution in [3.05, 3.63) is 110 Å². The van der Waals surface area contributed by atoms with E-state index in [9.17, 15) is 23.3 Å². The van der Waals surface area contributed by atoms with E-state index >= 15 is 0 Å². The number of benzene rings is 3. The molecule has 4 aromatic rings. The van der Waals surface area contributed by atoms with Gasteiger partial charge in [-0.25, -0.2) is 18.0 Å². The number of carbonyl (C=O) groups excluding carboxylic acids is 1. The highest BCUT2D eigenvalue weighted by molar-refractivity contribution is 7.90. The van der Waals surface area contributed by atoms with Crippen LogP contribution in [0.2, 0.25) is 0 Å². The Morgan fingerprint density at radius 2 is 1.75 bits per heavy atom. The number of hydrogen-bond donors (Lipinski definition) is 1. The summed E-state index contributed by atoms with van der Waals surface area (Å²) < 4.78 is 29.6. The maximum atomic E-state index is 13.3. The van der Waals surface area contributed by atoms with E-state index in [2.05, 4.69) is 4.85 Å². The first kappa shape index (κ1) is 24.6. The minimum atomic E-state index is -4.39. The number of aryl methyl sites for hydroxylation is 3. The molecule has 3 aromatic carbocycles. The number of sulfonamides is 1. The third kappa shape index (κ3) is 4.69. The molecule has 0 aliphatic rings. The molecule has 0 unspecified atom stereocenters. The lowest BCUT2D eigenvalue weighted by molar-refractivity contribution is -0.385. The van der Waals surface area contributed by atoms with E-state index in [1.54, 1.807) is 28.8 Å². The lowest BCUT2D eigenvalue weighted by Gasteiger charge is -2.16. The summed E-state index contributed by atoms with van der Waals surface area (Å²) in [5, 5.41) is 11.7. The second-order valence-corrected chi connectivity index (χ2v) is 10.2. The molecule has 4 rings (SSSR count). The van der Waals surface area contributed by atoms with E-state index in [1.165, 1.54) is 18.2 Å². The molecule has 0 radical (unpaired) electrons. The Morgan fingerprint density at radius 1 is 1.06 bits per heavy atom. The third-order valence-electron chi connectivity index (χ3n) is 5.97. The molecule has 0 aliphatic carbocycles. The van der Waals surface area contributed by atoms with Crippen molar-refractivity contribution >= 4 is 38.2 Å². The van der Waals surface area contributed by atoms with Crippen LogP contribution in [-0.4, -0.2) is 23.8 Å². The fraction of sp³-hybridized carbons (Fsp3) is 0.154. The number of carbonyl (C=O) groups is 1. The van der Waals surface area contributed by atoms with Gasteiger partial charge in [0.25, 0.3) is 21.6 Å². The van der Waals surface area contributed by atoms with Crippen LogP contribution in [0.25, 0.3) is 15.7 Å². The van der Waals surface area contributed by atoms with Crippen LogP contribution in [0.3, 0.4) is 0 Å². The summed E-state index contributed by atoms with van der Waals surface area (Å²) in [6.07, 6.45) is 0. The number of aromatic nitrogens is 1. The third-order valence-corrected chi connectivity index (χ3v) is 7.30. The van der Waals surface area contributed by atoms with Gasteiger partial charge in [0.2, 0.25) is 0 Å². The number of nitrogens with zero attached hydrogens (tertiary/aromatic N) is 3. The van der Waals surface area contributed by atoms with Gasteiger partial charge in [0.05, 0.1) is 16.4 Å². The summed E-state index contributed by atoms with van der Waals surface area (Å²) >= 11 is 0. The molecule has 0 atom stereocenters. The van der Waals surface area contributed by atoms with E-state index in [0.717, 1.165) is 28.3 Å². The maximum Gasteiger partial charge on any atom is 0.281 e. The fourth-order valence-corrected chi connectivity index (χ4v) is 5.29. The normalized spacial score (nSPS) is 11.3. The van der Waals surface area contributed by atoms with Gasteiger partial charge in [-0.05, 0) is 61.0 Å². The van der Waals surface area contributed by atoms with Gasteiger partial charge >= 0.3 is 0 Å². The van der Waals surface area contributed by atoms with Gasteiger partial charge in [-0.3, -0.25) is 14.9 Å². The molecule has 0 saturated carbocycles. The molecule has 1 N–H and O–H groups in total. The standard InChI is InChI=1S/C26H22N4O5S/c1-16-10-17(2)23(18(3)11-16)15-29-24-13-20(27-4)9-8-19(24)12-25(29)26(31)28-36(34,35)22-7-5-6-21(14-22)30(32)33/h5-14H,15H2,1-3H3,(H,28,31). The van der Waals surface area contributed by atoms with Crippen molar-refractivity contribution in [3.8, 4) is 0 Å². The average Bonchev–Trinajstić information content (AvgIpc) is 3.18. The summed E-state index contributed by atoms with van der Waals surface area (Å²) in [6.45, 7) is 13.6. The number of nitro groups is 1. The fourth-order valence-electron chi connectivity index (χ4n) is 4.29. The molecule has 1 amide bonds. The Bertz CT molecular complexity index is 1670. The van der Waals surface area contributed by atoms with E-state index < -0.39 is 31.4 Å². The Hall–Kier alpha value is -4.49. The van der Waals surface area contributed by atoms with Crippen LogP contribution in [0.15, 0.2) is 65.6 Å². The SMILES string of the molecule is [C-]#[N+]c1ccc2cc(C(=O)NS(=O)(=O)c3cccc([N+](=O)[O-])c3)n(Cc3c(C)cc(C)cc3C)c2c1. The molecule has 36 heavy (non-hydrogen) atoms. The average molecular weight is 503 g/mol. The topological polar surface area (TPSA) is 116 Å². The first-order valence-corrected chi connectivity index (χ1v) is 12.4. The van der Waals surface area contributed by atoms with Crippen molar-refractivity contribution in [2.24, 2.45) is 0 Å². The Labute approximate surface area is 208 Å². The van der Waals surface area contributed by atoms with Crippen LogP contribution in [-0.2, 0) is 16.6 Å². The van der Waals surface area contributed by atoms with Gasteiger partial charge in [0, 0.05) is 24.2 Å². The van der Waals surface area contributed by atoms with Gasteiger partial charge in [-0.15, -0.1) is 0 Å². The van der Waals surface area contributed by atoms with Crippen LogP contribution < -0.4 is 4.72 Å². The largest absolute Gasteiger partial charge is 0.333 e. The van der Waals surface area contributed by atoms with Gasteiger partial charge in [0.1, 0.15) is 5.69 Å². The summed E-state index contributed by atoms with van der Waals surface area (Å²) in [5.74, 6) is -0.885. The van der Waals surface area contributed by atoms with Crippen molar-refractivity contribution in [1.29, 1.82) is 0 Å². The molecule has 182 valence electrons. The molecule has 1 aromatic heterocycles. The molecular weight excluding hydrogens is 480 g/mol. The molecule has 10 heteroatoms. The number of rotatable bonds is 6. The molecule has 0 fully saturated rings. The summed E-state index contributed by atoms with van der Waals surface area (Å²) in [6, 6.07) is 15.1. The predicted octanol–water partition coefficient (Wildman–Crippen LogP) is 5.19. The van der Waals surface area contributed by atoms with Crippen LogP contribution in [0.5, 0.6) is 0 Å². The molecule has 0 saturated heterocycles. The highest BCUT2D eigenvalue weighted by Crippen LogP contribution is 2.28. The van der Waals surface area contributed by atoms with Gasteiger partial charge in [-0.1, -0.05) is 35.9 Å². The van der Waals surface area contributed by atoms with Crippen LogP contribution in [0.4, 0.5) is 11.4 Å². The van der Waals surface area contributed by atoms with Crippen LogP contribution in [0.1, 0.15) is 32.7 Å². The zero-order valence-corrected chi connectivity index (χ0v) is 20.6. The molecule has 1 heterocycles. The van der Waals surface area contributed by atoms with Gasteiger partial charge in [0.15, 0.2) is 5.69 Å². The second kappa shape index (κ2) is 9.28. The lowest BCUT2D eigenvalue weighted by atomic mass is 9.99. The smallest absolute Gasteiger partial charge is 0.281 e. The Balaban J connectivity index is 1.81. The number of amides is 1. The van der Waals surface area contributed by atoms with E-state index in [1.807, 2.05) is 37.6 Å². The molecular formula is C26H22N4O5S. The minimum absolute atomic E-state index is 0.0838. The van der Waals surface area contributed by atoms with Crippen molar-refractivity contribution in [2.45, 2.75) is 32.2 Å². The zero-order valence-electron chi connectivity index (χ0n) is 19.8. The number of non-ortho nitro benzene ring substituents is 1. The van der Waals surface area contributed by atoms with Crippen molar-refractivity contribution in [1.82, 2.24) is 9.29 Å². The molecule has 0 spiro atoms. The minimum Gasteiger partial charge on any atom is -0.333 e. The quantitative estimate of drug-likeness (QED) is 0.221. The number of nitrogens with one attached hydrogen (secondary N) is 1. The number of fused-ring (bicyclic) bond motifs is 1. The first-order chi connectivity index (χ1) is 17.0. The highest BCUT2D eigenvalue weighted by atomic mass is 32.2. The van der Waals surface area contributed by atoms with Gasteiger partial charge < -0.3 is 4.57 Å². The number of hydrogen-bond acceptors (Lipinski definition) is 5. The van der Waals surface area contributed by atoms with Crippen molar-refractivity contribution < 1.29 is 18.1 Å². The summed E-state index contributed by atoms with van der Waals surface area (Å²) in [7, 11) is -4.39. The van der Waals surface area contributed by atoms with E-state index in [4.69, 9.17) is 6.57 Å². The second-order valence-electron chi connectivity index (χ2n) is 8.54. The van der Waals surface area contributed by atoms with Crippen molar-refractivity contribution in [2.75, 3.05) is 0 Å². The summed E-state index contributed by atoms with van der Waals surface area (Å²) in [5.41, 5.74) is 4.79.